The zero-order valence-corrected chi connectivity index (χ0v) is 23.2. The molecule has 2 fully saturated rings. The number of fused-ring (bicyclic) bond motifs is 2. The van der Waals surface area contributed by atoms with E-state index in [-0.39, 0.29) is 24.3 Å². The van der Waals surface area contributed by atoms with Crippen molar-refractivity contribution in [2.45, 2.75) is 69.5 Å². The summed E-state index contributed by atoms with van der Waals surface area (Å²) in [6.07, 6.45) is 3.95. The quantitative estimate of drug-likeness (QED) is 0.297. The number of piperidine rings is 1. The molecule has 206 valence electrons. The Balaban J connectivity index is 1.41. The van der Waals surface area contributed by atoms with Crippen LogP contribution in [-0.4, -0.2) is 66.1 Å². The van der Waals surface area contributed by atoms with Gasteiger partial charge in [0.15, 0.2) is 5.60 Å². The SMILES string of the molecule is C[C@@H]1[C@@H]([Si](C)(C)F)[C@H](CCn2cc(CCO)nn2)O[C@@]12C(=O)Nc1ccc(NC(=O)C3CCCNC3)cc12. The van der Waals surface area contributed by atoms with E-state index in [0.717, 1.165) is 19.4 Å². The van der Waals surface area contributed by atoms with Gasteiger partial charge in [0.25, 0.3) is 5.91 Å². The van der Waals surface area contributed by atoms with Gasteiger partial charge in [0.2, 0.25) is 14.3 Å². The number of nitrogens with one attached hydrogen (secondary N) is 3. The standard InChI is InChI=1S/C26H37FN6O4Si/c1-16-23(38(2,3)27)22(8-11-33-15-19(9-12-34)31-32-33)37-26(16)20-13-18(6-7-21(20)30-25(26)36)29-24(35)17-5-4-10-28-14-17/h6-7,13,15-17,22-23,28,34H,4-5,8-12,14H2,1-3H3,(H,29,35)(H,30,36)/t16-,17?,22+,23-,26+/m1/s1. The first-order valence-electron chi connectivity index (χ1n) is 13.5. The predicted molar refractivity (Wildman–Crippen MR) is 143 cm³/mol. The molecule has 3 aliphatic rings. The number of nitrogens with zero attached hydrogens (tertiary/aromatic N) is 3. The van der Waals surface area contributed by atoms with Gasteiger partial charge in [-0.25, -0.2) is 0 Å². The fourth-order valence-electron chi connectivity index (χ4n) is 6.47. The van der Waals surface area contributed by atoms with Crippen LogP contribution in [0.3, 0.4) is 0 Å². The number of amides is 2. The summed E-state index contributed by atoms with van der Waals surface area (Å²) in [7, 11) is -3.26. The highest BCUT2D eigenvalue weighted by Crippen LogP contribution is 2.59. The third-order valence-corrected chi connectivity index (χ3v) is 10.7. The molecule has 5 rings (SSSR count). The Kier molecular flexibility index (Phi) is 7.42. The number of anilines is 2. The second-order valence-electron chi connectivity index (χ2n) is 11.3. The number of benzene rings is 1. The van der Waals surface area contributed by atoms with Gasteiger partial charge >= 0.3 is 0 Å². The number of rotatable bonds is 8. The maximum atomic E-state index is 15.8. The number of carbonyl (C=O) groups is 2. The molecule has 0 saturated carbocycles. The molecule has 0 bridgehead atoms. The molecule has 10 nitrogen and oxygen atoms in total. The van der Waals surface area contributed by atoms with Crippen molar-refractivity contribution in [3.05, 3.63) is 35.7 Å². The summed E-state index contributed by atoms with van der Waals surface area (Å²) >= 11 is 0. The first-order valence-corrected chi connectivity index (χ1v) is 16.4. The van der Waals surface area contributed by atoms with Crippen LogP contribution in [-0.2, 0) is 32.9 Å². The highest BCUT2D eigenvalue weighted by Gasteiger charge is 2.65. The van der Waals surface area contributed by atoms with Gasteiger partial charge in [-0.05, 0) is 57.1 Å². The van der Waals surface area contributed by atoms with Crippen molar-refractivity contribution in [3.63, 3.8) is 0 Å². The van der Waals surface area contributed by atoms with E-state index in [4.69, 9.17) is 9.84 Å². The van der Waals surface area contributed by atoms with Gasteiger partial charge in [-0.1, -0.05) is 12.1 Å². The largest absolute Gasteiger partial charge is 0.396 e. The molecule has 1 aromatic carbocycles. The van der Waals surface area contributed by atoms with Gasteiger partial charge in [-0.15, -0.1) is 5.10 Å². The first kappa shape index (κ1) is 26.9. The van der Waals surface area contributed by atoms with Crippen LogP contribution in [0, 0.1) is 11.8 Å². The fraction of sp³-hybridized carbons (Fsp3) is 0.615. The molecule has 5 atom stereocenters. The number of aliphatic hydroxyl groups is 1. The van der Waals surface area contributed by atoms with Gasteiger partial charge in [0.1, 0.15) is 0 Å². The summed E-state index contributed by atoms with van der Waals surface area (Å²) in [5, 5.41) is 26.5. The monoisotopic (exact) mass is 544 g/mol. The van der Waals surface area contributed by atoms with Crippen LogP contribution in [0.15, 0.2) is 24.4 Å². The Labute approximate surface area is 222 Å². The molecule has 4 heterocycles. The minimum absolute atomic E-state index is 0.0112. The normalized spacial score (nSPS) is 28.9. The van der Waals surface area contributed by atoms with Crippen molar-refractivity contribution in [1.82, 2.24) is 20.3 Å². The molecule has 2 aromatic rings. The Morgan fingerprint density at radius 1 is 1.39 bits per heavy atom. The molecule has 4 N–H and O–H groups in total. The Bertz CT molecular complexity index is 1200. The van der Waals surface area contributed by atoms with Crippen molar-refractivity contribution in [1.29, 1.82) is 0 Å². The maximum absolute atomic E-state index is 15.8. The lowest BCUT2D eigenvalue weighted by Crippen LogP contribution is -2.42. The Hall–Kier alpha value is -2.67. The summed E-state index contributed by atoms with van der Waals surface area (Å²) in [5.41, 5.74) is 0.795. The summed E-state index contributed by atoms with van der Waals surface area (Å²) < 4.78 is 24.1. The molecule has 1 aromatic heterocycles. The van der Waals surface area contributed by atoms with Crippen molar-refractivity contribution < 1.29 is 23.5 Å². The van der Waals surface area contributed by atoms with E-state index in [1.807, 2.05) is 13.0 Å². The van der Waals surface area contributed by atoms with Crippen LogP contribution in [0.2, 0.25) is 18.6 Å². The molecule has 0 aliphatic carbocycles. The van der Waals surface area contributed by atoms with E-state index in [1.54, 1.807) is 36.1 Å². The maximum Gasteiger partial charge on any atom is 0.261 e. The zero-order valence-electron chi connectivity index (χ0n) is 22.2. The lowest BCUT2D eigenvalue weighted by Gasteiger charge is -2.30. The number of aromatic nitrogens is 3. The lowest BCUT2D eigenvalue weighted by atomic mass is 9.82. The molecule has 0 radical (unpaired) electrons. The van der Waals surface area contributed by atoms with Gasteiger partial charge in [0.05, 0.1) is 17.7 Å². The van der Waals surface area contributed by atoms with E-state index < -0.39 is 31.6 Å². The summed E-state index contributed by atoms with van der Waals surface area (Å²) in [4.78, 5) is 26.4. The summed E-state index contributed by atoms with van der Waals surface area (Å²) in [5.74, 6) is -0.856. The minimum atomic E-state index is -3.26. The number of hydrogen-bond acceptors (Lipinski definition) is 7. The Morgan fingerprint density at radius 3 is 2.92 bits per heavy atom. The molecular weight excluding hydrogens is 507 g/mol. The van der Waals surface area contributed by atoms with Crippen LogP contribution in [0.5, 0.6) is 0 Å². The first-order chi connectivity index (χ1) is 18.1. The van der Waals surface area contributed by atoms with Gasteiger partial charge in [-0.3, -0.25) is 14.3 Å². The zero-order chi connectivity index (χ0) is 27.1. The van der Waals surface area contributed by atoms with E-state index in [9.17, 15) is 9.59 Å². The Morgan fingerprint density at radius 2 is 2.21 bits per heavy atom. The van der Waals surface area contributed by atoms with E-state index >= 15 is 4.11 Å². The van der Waals surface area contributed by atoms with Crippen molar-refractivity contribution >= 4 is 31.6 Å². The molecular formula is C26H37FN6O4Si. The average Bonchev–Trinajstić information content (AvgIpc) is 3.53. The average molecular weight is 545 g/mol. The number of hydrogen-bond donors (Lipinski definition) is 4. The topological polar surface area (TPSA) is 130 Å². The second-order valence-corrected chi connectivity index (χ2v) is 15.0. The summed E-state index contributed by atoms with van der Waals surface area (Å²) in [6.45, 7) is 7.25. The molecule has 1 unspecified atom stereocenters. The molecule has 12 heteroatoms. The van der Waals surface area contributed by atoms with Crippen molar-refractivity contribution in [3.8, 4) is 0 Å². The van der Waals surface area contributed by atoms with Crippen LogP contribution >= 0.6 is 0 Å². The molecule has 2 saturated heterocycles. The van der Waals surface area contributed by atoms with Gasteiger partial charge in [-0.2, -0.15) is 0 Å². The number of aliphatic hydroxyl groups excluding tert-OH is 1. The predicted octanol–water partition coefficient (Wildman–Crippen LogP) is 2.57. The molecule has 2 amide bonds. The number of halogens is 1. The van der Waals surface area contributed by atoms with Gasteiger partial charge < -0.3 is 29.9 Å². The highest BCUT2D eigenvalue weighted by atomic mass is 28.4. The number of carbonyl (C=O) groups excluding carboxylic acids is 2. The van der Waals surface area contributed by atoms with Crippen molar-refractivity contribution in [2.75, 3.05) is 30.3 Å². The van der Waals surface area contributed by atoms with E-state index in [0.29, 0.717) is 48.6 Å². The third kappa shape index (κ3) is 4.90. The molecule has 3 aliphatic heterocycles. The smallest absolute Gasteiger partial charge is 0.261 e. The number of ether oxygens (including phenoxy) is 1. The van der Waals surface area contributed by atoms with E-state index in [1.165, 1.54) is 0 Å². The van der Waals surface area contributed by atoms with E-state index in [2.05, 4.69) is 26.3 Å². The highest BCUT2D eigenvalue weighted by molar-refractivity contribution is 6.72. The van der Waals surface area contributed by atoms with Crippen LogP contribution < -0.4 is 16.0 Å². The van der Waals surface area contributed by atoms with Crippen LogP contribution in [0.1, 0.15) is 37.4 Å². The lowest BCUT2D eigenvalue weighted by molar-refractivity contribution is -0.143. The minimum Gasteiger partial charge on any atom is -0.396 e. The fourth-order valence-corrected chi connectivity index (χ4v) is 9.01. The summed E-state index contributed by atoms with van der Waals surface area (Å²) in [6, 6.07) is 5.37. The third-order valence-electron chi connectivity index (χ3n) is 8.25. The molecule has 38 heavy (non-hydrogen) atoms. The number of aryl methyl sites for hydroxylation is 1. The molecule has 1 spiro atoms. The van der Waals surface area contributed by atoms with Crippen LogP contribution in [0.4, 0.5) is 15.5 Å². The van der Waals surface area contributed by atoms with Crippen LogP contribution in [0.25, 0.3) is 0 Å². The van der Waals surface area contributed by atoms with Gasteiger partial charge in [0, 0.05) is 60.7 Å². The van der Waals surface area contributed by atoms with Crippen molar-refractivity contribution in [2.24, 2.45) is 11.8 Å². The second kappa shape index (κ2) is 10.5.